The Kier molecular flexibility index (Phi) is 2.82. The van der Waals surface area contributed by atoms with Crippen molar-refractivity contribution in [1.82, 2.24) is 4.98 Å². The average molecular weight is 282 g/mol. The molecule has 0 saturated carbocycles. The molecule has 0 unspecified atom stereocenters. The van der Waals surface area contributed by atoms with Gasteiger partial charge in [-0.3, -0.25) is 0 Å². The molecule has 2 nitrogen and oxygen atoms in total. The van der Waals surface area contributed by atoms with Crippen molar-refractivity contribution < 1.29 is 4.42 Å². The van der Waals surface area contributed by atoms with Crippen LogP contribution in [0.5, 0.6) is 0 Å². The van der Waals surface area contributed by atoms with E-state index in [1.807, 2.05) is 6.07 Å². The fourth-order valence-corrected chi connectivity index (χ4v) is 2.20. The van der Waals surface area contributed by atoms with Crippen LogP contribution in [0, 0.1) is 0 Å². The molecule has 1 aromatic heterocycles. The predicted octanol–water partition coefficient (Wildman–Crippen LogP) is 4.45. The molecule has 0 saturated heterocycles. The molecule has 16 heavy (non-hydrogen) atoms. The number of rotatable bonds is 1. The van der Waals surface area contributed by atoms with Gasteiger partial charge in [-0.05, 0) is 17.5 Å². The molecule has 0 spiro atoms. The Labute approximate surface area is 104 Å². The average Bonchev–Trinajstić information content (AvgIpc) is 2.57. The Morgan fingerprint density at radius 3 is 2.56 bits per heavy atom. The van der Waals surface area contributed by atoms with Gasteiger partial charge in [0.15, 0.2) is 11.5 Å². The van der Waals surface area contributed by atoms with Gasteiger partial charge >= 0.3 is 0 Å². The van der Waals surface area contributed by atoms with E-state index in [-0.39, 0.29) is 5.41 Å². The minimum Gasteiger partial charge on any atom is -0.440 e. The topological polar surface area (TPSA) is 26.0 Å². The summed E-state index contributed by atoms with van der Waals surface area (Å²) in [7, 11) is 0. The zero-order valence-electron chi connectivity index (χ0n) is 10.1. The van der Waals surface area contributed by atoms with E-state index in [0.717, 1.165) is 27.9 Å². The molecule has 0 atom stereocenters. The SMILES string of the molecule is CCc1nc2cc(Br)cc(C(C)(C)C)c2o1. The zero-order valence-corrected chi connectivity index (χ0v) is 11.7. The monoisotopic (exact) mass is 281 g/mol. The van der Waals surface area contributed by atoms with Crippen molar-refractivity contribution in [2.75, 3.05) is 0 Å². The number of hydrogen-bond acceptors (Lipinski definition) is 2. The van der Waals surface area contributed by atoms with Crippen LogP contribution in [0.4, 0.5) is 0 Å². The number of aromatic nitrogens is 1. The molecular weight excluding hydrogens is 266 g/mol. The molecule has 0 radical (unpaired) electrons. The number of halogens is 1. The molecule has 0 aliphatic rings. The van der Waals surface area contributed by atoms with E-state index in [0.29, 0.717) is 0 Å². The van der Waals surface area contributed by atoms with Crippen molar-refractivity contribution in [1.29, 1.82) is 0 Å². The first-order valence-corrected chi connectivity index (χ1v) is 6.30. The molecule has 0 aliphatic heterocycles. The van der Waals surface area contributed by atoms with Crippen LogP contribution in [0.1, 0.15) is 39.1 Å². The number of fused-ring (bicyclic) bond motifs is 1. The molecular formula is C13H16BrNO. The third kappa shape index (κ3) is 2.01. The Morgan fingerprint density at radius 1 is 1.31 bits per heavy atom. The summed E-state index contributed by atoms with van der Waals surface area (Å²) < 4.78 is 6.85. The molecule has 0 N–H and O–H groups in total. The van der Waals surface area contributed by atoms with Crippen molar-refractivity contribution in [2.45, 2.75) is 39.5 Å². The summed E-state index contributed by atoms with van der Waals surface area (Å²) in [4.78, 5) is 4.47. The van der Waals surface area contributed by atoms with Crippen LogP contribution in [0.25, 0.3) is 11.1 Å². The van der Waals surface area contributed by atoms with Crippen LogP contribution in [0.15, 0.2) is 21.0 Å². The standard InChI is InChI=1S/C13H16BrNO/c1-5-11-15-10-7-8(14)6-9(12(10)16-11)13(2,3)4/h6-7H,5H2,1-4H3. The number of hydrogen-bond donors (Lipinski definition) is 0. The van der Waals surface area contributed by atoms with E-state index in [9.17, 15) is 0 Å². The quantitative estimate of drug-likeness (QED) is 0.772. The number of nitrogens with zero attached hydrogens (tertiary/aromatic N) is 1. The van der Waals surface area contributed by atoms with Gasteiger partial charge in [-0.15, -0.1) is 0 Å². The molecule has 0 amide bonds. The molecule has 2 rings (SSSR count). The Balaban J connectivity index is 2.76. The normalized spacial score (nSPS) is 12.3. The van der Waals surface area contributed by atoms with Crippen molar-refractivity contribution in [3.63, 3.8) is 0 Å². The van der Waals surface area contributed by atoms with Gasteiger partial charge in [0, 0.05) is 16.5 Å². The van der Waals surface area contributed by atoms with Crippen LogP contribution in [0.3, 0.4) is 0 Å². The maximum Gasteiger partial charge on any atom is 0.195 e. The highest BCUT2D eigenvalue weighted by Gasteiger charge is 2.21. The first-order valence-electron chi connectivity index (χ1n) is 5.51. The van der Waals surface area contributed by atoms with Crippen LogP contribution in [-0.4, -0.2) is 4.98 Å². The molecule has 86 valence electrons. The third-order valence-corrected chi connectivity index (χ3v) is 3.07. The molecule has 2 aromatic rings. The second kappa shape index (κ2) is 3.88. The van der Waals surface area contributed by atoms with Crippen LogP contribution >= 0.6 is 15.9 Å². The Hall–Kier alpha value is -0.830. The Morgan fingerprint density at radius 2 is 2.00 bits per heavy atom. The van der Waals surface area contributed by atoms with E-state index in [1.165, 1.54) is 5.56 Å². The van der Waals surface area contributed by atoms with Crippen LogP contribution < -0.4 is 0 Å². The summed E-state index contributed by atoms with van der Waals surface area (Å²) in [5, 5.41) is 0. The van der Waals surface area contributed by atoms with Crippen LogP contribution in [0.2, 0.25) is 0 Å². The van der Waals surface area contributed by atoms with Gasteiger partial charge in [0.05, 0.1) is 0 Å². The first-order chi connectivity index (χ1) is 7.41. The smallest absolute Gasteiger partial charge is 0.195 e. The van der Waals surface area contributed by atoms with E-state index < -0.39 is 0 Å². The fraction of sp³-hybridized carbons (Fsp3) is 0.462. The molecule has 0 aliphatic carbocycles. The van der Waals surface area contributed by atoms with E-state index in [4.69, 9.17) is 4.42 Å². The lowest BCUT2D eigenvalue weighted by Gasteiger charge is -2.19. The molecule has 0 bridgehead atoms. The summed E-state index contributed by atoms with van der Waals surface area (Å²) in [6.07, 6.45) is 0.829. The minimum atomic E-state index is 0.0621. The van der Waals surface area contributed by atoms with Gasteiger partial charge in [0.2, 0.25) is 0 Å². The lowest BCUT2D eigenvalue weighted by atomic mass is 9.86. The highest BCUT2D eigenvalue weighted by molar-refractivity contribution is 9.10. The second-order valence-corrected chi connectivity index (χ2v) is 5.93. The minimum absolute atomic E-state index is 0.0621. The van der Waals surface area contributed by atoms with Gasteiger partial charge in [0.1, 0.15) is 5.52 Å². The van der Waals surface area contributed by atoms with Crippen molar-refractivity contribution in [3.05, 3.63) is 28.1 Å². The highest BCUT2D eigenvalue weighted by atomic mass is 79.9. The van der Waals surface area contributed by atoms with Gasteiger partial charge in [-0.1, -0.05) is 43.6 Å². The van der Waals surface area contributed by atoms with Crippen molar-refractivity contribution >= 4 is 27.0 Å². The predicted molar refractivity (Wildman–Crippen MR) is 69.8 cm³/mol. The van der Waals surface area contributed by atoms with Gasteiger partial charge < -0.3 is 4.42 Å². The van der Waals surface area contributed by atoms with Gasteiger partial charge in [-0.25, -0.2) is 4.98 Å². The van der Waals surface area contributed by atoms with Crippen LogP contribution in [-0.2, 0) is 11.8 Å². The van der Waals surface area contributed by atoms with E-state index in [2.05, 4.69) is 54.7 Å². The lowest BCUT2D eigenvalue weighted by Crippen LogP contribution is -2.11. The van der Waals surface area contributed by atoms with Crippen molar-refractivity contribution in [3.8, 4) is 0 Å². The maximum absolute atomic E-state index is 5.80. The van der Waals surface area contributed by atoms with E-state index >= 15 is 0 Å². The largest absolute Gasteiger partial charge is 0.440 e. The maximum atomic E-state index is 5.80. The fourth-order valence-electron chi connectivity index (χ4n) is 1.75. The number of aryl methyl sites for hydroxylation is 1. The molecule has 3 heteroatoms. The number of benzene rings is 1. The summed E-state index contributed by atoms with van der Waals surface area (Å²) in [6.45, 7) is 8.60. The summed E-state index contributed by atoms with van der Waals surface area (Å²) in [6, 6.07) is 4.13. The van der Waals surface area contributed by atoms with E-state index in [1.54, 1.807) is 0 Å². The number of oxazole rings is 1. The Bertz CT molecular complexity index is 522. The molecule has 0 fully saturated rings. The molecule has 1 aromatic carbocycles. The summed E-state index contributed by atoms with van der Waals surface area (Å²) in [5.74, 6) is 0.804. The van der Waals surface area contributed by atoms with Gasteiger partial charge in [-0.2, -0.15) is 0 Å². The zero-order chi connectivity index (χ0) is 11.9. The second-order valence-electron chi connectivity index (χ2n) is 5.01. The van der Waals surface area contributed by atoms with Gasteiger partial charge in [0.25, 0.3) is 0 Å². The van der Waals surface area contributed by atoms with Crippen molar-refractivity contribution in [2.24, 2.45) is 0 Å². The lowest BCUT2D eigenvalue weighted by molar-refractivity contribution is 0.517. The summed E-state index contributed by atoms with van der Waals surface area (Å²) in [5.41, 5.74) is 3.12. The first kappa shape index (κ1) is 11.6. The molecule has 1 heterocycles. The summed E-state index contributed by atoms with van der Waals surface area (Å²) >= 11 is 3.53. The third-order valence-electron chi connectivity index (χ3n) is 2.61. The highest BCUT2D eigenvalue weighted by Crippen LogP contribution is 2.33.